The predicted molar refractivity (Wildman–Crippen MR) is 112 cm³/mol. The molecule has 29 heavy (non-hydrogen) atoms. The van der Waals surface area contributed by atoms with E-state index in [1.54, 1.807) is 0 Å². The molecule has 0 spiro atoms. The van der Waals surface area contributed by atoms with Gasteiger partial charge in [-0.15, -0.1) is 0 Å². The molecule has 6 heteroatoms. The van der Waals surface area contributed by atoms with Crippen LogP contribution < -0.4 is 10.2 Å². The number of benzene rings is 2. The van der Waals surface area contributed by atoms with Crippen LogP contribution in [0.25, 0.3) is 0 Å². The van der Waals surface area contributed by atoms with Crippen molar-refractivity contribution in [2.45, 2.75) is 18.9 Å². The smallest absolute Gasteiger partial charge is 0.251 e. The maximum Gasteiger partial charge on any atom is 0.251 e. The van der Waals surface area contributed by atoms with Crippen LogP contribution in [0, 0.1) is 5.82 Å². The summed E-state index contributed by atoms with van der Waals surface area (Å²) < 4.78 is 18.7. The lowest BCUT2D eigenvalue weighted by molar-refractivity contribution is 0.0162. The van der Waals surface area contributed by atoms with Crippen molar-refractivity contribution in [1.29, 1.82) is 0 Å². The maximum absolute atomic E-state index is 13.1. The number of rotatable bonds is 5. The van der Waals surface area contributed by atoms with Crippen LogP contribution in [-0.2, 0) is 11.2 Å². The van der Waals surface area contributed by atoms with Gasteiger partial charge in [0.05, 0.1) is 19.3 Å². The molecule has 2 heterocycles. The molecule has 5 nitrogen and oxygen atoms in total. The van der Waals surface area contributed by atoms with Crippen LogP contribution >= 0.6 is 0 Å². The topological polar surface area (TPSA) is 44.8 Å². The number of carbonyl (C=O) groups excluding carboxylic acids is 1. The number of halogens is 1. The van der Waals surface area contributed by atoms with Gasteiger partial charge in [0.25, 0.3) is 5.91 Å². The fraction of sp³-hybridized carbons (Fsp3) is 0.435. The molecule has 2 aliphatic rings. The molecule has 1 saturated heterocycles. The zero-order valence-electron chi connectivity index (χ0n) is 16.9. The second-order valence-corrected chi connectivity index (χ2v) is 7.79. The minimum atomic E-state index is -0.341. The fourth-order valence-corrected chi connectivity index (χ4v) is 4.25. The Morgan fingerprint density at radius 1 is 1.14 bits per heavy atom. The van der Waals surface area contributed by atoms with Crippen molar-refractivity contribution in [1.82, 2.24) is 10.2 Å². The average molecular weight is 397 g/mol. The van der Waals surface area contributed by atoms with Gasteiger partial charge < -0.3 is 15.0 Å². The van der Waals surface area contributed by atoms with Crippen molar-refractivity contribution >= 4 is 11.6 Å². The molecule has 0 saturated carbocycles. The first-order chi connectivity index (χ1) is 14.1. The van der Waals surface area contributed by atoms with Gasteiger partial charge >= 0.3 is 0 Å². The van der Waals surface area contributed by atoms with Crippen molar-refractivity contribution in [2.24, 2.45) is 0 Å². The van der Waals surface area contributed by atoms with Gasteiger partial charge in [-0.1, -0.05) is 12.1 Å². The summed E-state index contributed by atoms with van der Waals surface area (Å²) in [5, 5.41) is 3.05. The molecular weight excluding hydrogens is 369 g/mol. The van der Waals surface area contributed by atoms with E-state index in [4.69, 9.17) is 4.74 Å². The molecule has 0 aromatic heterocycles. The Balaban J connectivity index is 1.53. The van der Waals surface area contributed by atoms with Crippen molar-refractivity contribution in [3.63, 3.8) is 0 Å². The highest BCUT2D eigenvalue weighted by Gasteiger charge is 2.25. The quantitative estimate of drug-likeness (QED) is 0.843. The van der Waals surface area contributed by atoms with Crippen molar-refractivity contribution < 1.29 is 13.9 Å². The van der Waals surface area contributed by atoms with Crippen LogP contribution in [0.3, 0.4) is 0 Å². The minimum absolute atomic E-state index is 0.0841. The number of ether oxygens (including phenoxy) is 1. The van der Waals surface area contributed by atoms with Crippen LogP contribution in [0.5, 0.6) is 0 Å². The van der Waals surface area contributed by atoms with E-state index in [1.165, 1.54) is 41.1 Å². The molecule has 1 fully saturated rings. The van der Waals surface area contributed by atoms with E-state index in [1.807, 2.05) is 0 Å². The van der Waals surface area contributed by atoms with Gasteiger partial charge in [-0.25, -0.2) is 4.39 Å². The maximum atomic E-state index is 13.1. The number of aryl methyl sites for hydroxylation is 1. The third-order valence-corrected chi connectivity index (χ3v) is 5.89. The second kappa shape index (κ2) is 8.93. The van der Waals surface area contributed by atoms with Crippen LogP contribution in [0.4, 0.5) is 10.1 Å². The summed E-state index contributed by atoms with van der Waals surface area (Å²) >= 11 is 0. The Morgan fingerprint density at radius 2 is 1.90 bits per heavy atom. The number of nitrogens with one attached hydrogen (secondary N) is 1. The summed E-state index contributed by atoms with van der Waals surface area (Å²) in [5.74, 6) is -0.521. The van der Waals surface area contributed by atoms with Gasteiger partial charge in [-0.05, 0) is 54.3 Å². The number of fused-ring (bicyclic) bond motifs is 1. The Hall–Kier alpha value is -2.44. The summed E-state index contributed by atoms with van der Waals surface area (Å²) in [6.45, 7) is 4.69. The minimum Gasteiger partial charge on any atom is -0.379 e. The van der Waals surface area contributed by atoms with Gasteiger partial charge in [0.15, 0.2) is 0 Å². The Morgan fingerprint density at radius 3 is 2.66 bits per heavy atom. The first-order valence-corrected chi connectivity index (χ1v) is 10.3. The van der Waals surface area contributed by atoms with Crippen LogP contribution in [0.15, 0.2) is 42.5 Å². The molecule has 1 atom stereocenters. The molecule has 0 radical (unpaired) electrons. The molecule has 2 aliphatic heterocycles. The highest BCUT2D eigenvalue weighted by Crippen LogP contribution is 2.31. The molecule has 0 aliphatic carbocycles. The molecule has 0 unspecified atom stereocenters. The number of anilines is 1. The second-order valence-electron chi connectivity index (χ2n) is 7.79. The SMILES string of the molecule is CN1CCCc2cc([C@@H](CNC(=O)c3ccc(F)cc3)N3CCOCC3)ccc21. The van der Waals surface area contributed by atoms with Crippen LogP contribution in [0.1, 0.15) is 33.9 Å². The number of hydrogen-bond donors (Lipinski definition) is 1. The molecule has 2 aromatic carbocycles. The average Bonchev–Trinajstić information content (AvgIpc) is 2.75. The number of amides is 1. The largest absolute Gasteiger partial charge is 0.379 e. The Bertz CT molecular complexity index is 850. The lowest BCUT2D eigenvalue weighted by Gasteiger charge is -2.36. The number of hydrogen-bond acceptors (Lipinski definition) is 4. The third kappa shape index (κ3) is 4.60. The molecule has 1 amide bonds. The summed E-state index contributed by atoms with van der Waals surface area (Å²) in [5.41, 5.74) is 4.37. The van der Waals surface area contributed by atoms with E-state index < -0.39 is 0 Å². The van der Waals surface area contributed by atoms with E-state index >= 15 is 0 Å². The van der Waals surface area contributed by atoms with E-state index in [0.717, 1.165) is 32.5 Å². The van der Waals surface area contributed by atoms with E-state index in [9.17, 15) is 9.18 Å². The number of morpholine rings is 1. The number of nitrogens with zero attached hydrogens (tertiary/aromatic N) is 2. The zero-order valence-corrected chi connectivity index (χ0v) is 16.9. The van der Waals surface area contributed by atoms with Crippen molar-refractivity contribution in [3.8, 4) is 0 Å². The monoisotopic (exact) mass is 397 g/mol. The van der Waals surface area contributed by atoms with Gasteiger partial charge in [0, 0.05) is 44.5 Å². The van der Waals surface area contributed by atoms with E-state index in [-0.39, 0.29) is 17.8 Å². The van der Waals surface area contributed by atoms with E-state index in [2.05, 4.69) is 40.4 Å². The Kier molecular flexibility index (Phi) is 6.11. The molecule has 4 rings (SSSR count). The normalized spacial score (nSPS) is 18.2. The van der Waals surface area contributed by atoms with Crippen molar-refractivity contribution in [3.05, 3.63) is 65.0 Å². The van der Waals surface area contributed by atoms with E-state index in [0.29, 0.717) is 25.3 Å². The molecular formula is C23H28FN3O2. The standard InChI is InChI=1S/C23H28FN3O2/c1-26-10-2-3-18-15-19(6-9-21(18)26)22(27-11-13-29-14-12-27)16-25-23(28)17-4-7-20(24)8-5-17/h4-9,15,22H,2-3,10-14,16H2,1H3,(H,25,28)/t22-/m1/s1. The van der Waals surface area contributed by atoms with Gasteiger partial charge in [-0.3, -0.25) is 9.69 Å². The predicted octanol–water partition coefficient (Wildman–Crippen LogP) is 3.01. The Labute approximate surface area is 171 Å². The van der Waals surface area contributed by atoms with Crippen molar-refractivity contribution in [2.75, 3.05) is 51.3 Å². The first-order valence-electron chi connectivity index (χ1n) is 10.3. The zero-order chi connectivity index (χ0) is 20.2. The number of carbonyl (C=O) groups is 1. The highest BCUT2D eigenvalue weighted by molar-refractivity contribution is 5.94. The summed E-state index contributed by atoms with van der Waals surface area (Å²) in [6.07, 6.45) is 2.25. The van der Waals surface area contributed by atoms with Gasteiger partial charge in [0.1, 0.15) is 5.82 Å². The summed E-state index contributed by atoms with van der Waals surface area (Å²) in [4.78, 5) is 17.3. The summed E-state index contributed by atoms with van der Waals surface area (Å²) in [7, 11) is 2.14. The van der Waals surface area contributed by atoms with Crippen LogP contribution in [-0.4, -0.2) is 57.2 Å². The molecule has 154 valence electrons. The summed E-state index contributed by atoms with van der Waals surface area (Å²) in [6, 6.07) is 12.4. The molecule has 0 bridgehead atoms. The van der Waals surface area contributed by atoms with Gasteiger partial charge in [-0.2, -0.15) is 0 Å². The first kappa shape index (κ1) is 19.9. The van der Waals surface area contributed by atoms with Crippen LogP contribution in [0.2, 0.25) is 0 Å². The molecule has 2 aromatic rings. The lowest BCUT2D eigenvalue weighted by atomic mass is 9.95. The molecule has 1 N–H and O–H groups in total. The lowest BCUT2D eigenvalue weighted by Crippen LogP contribution is -2.44. The third-order valence-electron chi connectivity index (χ3n) is 5.89. The van der Waals surface area contributed by atoms with Gasteiger partial charge in [0.2, 0.25) is 0 Å². The fourth-order valence-electron chi connectivity index (χ4n) is 4.25. The highest BCUT2D eigenvalue weighted by atomic mass is 19.1.